The van der Waals surface area contributed by atoms with Crippen molar-refractivity contribution in [2.24, 2.45) is 0 Å². The van der Waals surface area contributed by atoms with Crippen LogP contribution in [0.3, 0.4) is 0 Å². The van der Waals surface area contributed by atoms with E-state index in [0.717, 1.165) is 18.6 Å². The number of rotatable bonds is 5. The molecule has 88 valence electrons. The van der Waals surface area contributed by atoms with Crippen molar-refractivity contribution in [2.45, 2.75) is 39.7 Å². The second-order valence-corrected chi connectivity index (χ2v) is 4.02. The summed E-state index contributed by atoms with van der Waals surface area (Å²) in [6, 6.07) is 5.22. The molecule has 3 heteroatoms. The Morgan fingerprint density at radius 3 is 2.69 bits per heavy atom. The number of Topliss-reactive ketones (excluding diaryl/α,β-unsaturated/α-hetero) is 1. The number of carbonyl (C=O) groups is 1. The fraction of sp³-hybridized carbons (Fsp3) is 0.462. The highest BCUT2D eigenvalue weighted by atomic mass is 16.5. The quantitative estimate of drug-likeness (QED) is 0.614. The van der Waals surface area contributed by atoms with E-state index >= 15 is 0 Å². The number of ketones is 1. The smallest absolute Gasteiger partial charge is 0.161 e. The largest absolute Gasteiger partial charge is 0.491 e. The van der Waals surface area contributed by atoms with Crippen LogP contribution in [0.25, 0.3) is 0 Å². The summed E-state index contributed by atoms with van der Waals surface area (Å²) in [6.45, 7) is 5.65. The highest BCUT2D eigenvalue weighted by Crippen LogP contribution is 2.21. The lowest BCUT2D eigenvalue weighted by Gasteiger charge is -2.14. The molecular formula is C13H19NO2. The molecule has 0 aliphatic heterocycles. The average molecular weight is 221 g/mol. The van der Waals surface area contributed by atoms with Crippen molar-refractivity contribution in [3.63, 3.8) is 0 Å². The van der Waals surface area contributed by atoms with Crippen LogP contribution in [-0.4, -0.2) is 11.9 Å². The SMILES string of the molecule is CCCC(C)Oc1ccc(C(C)=O)c(N)c1. The van der Waals surface area contributed by atoms with Crippen molar-refractivity contribution < 1.29 is 9.53 Å². The Hall–Kier alpha value is -1.51. The van der Waals surface area contributed by atoms with Gasteiger partial charge in [-0.05, 0) is 32.4 Å². The van der Waals surface area contributed by atoms with Crippen molar-refractivity contribution >= 4 is 11.5 Å². The average Bonchev–Trinajstić information content (AvgIpc) is 2.17. The minimum absolute atomic E-state index is 0.0225. The topological polar surface area (TPSA) is 52.3 Å². The maximum Gasteiger partial charge on any atom is 0.161 e. The van der Waals surface area contributed by atoms with Crippen LogP contribution in [0.4, 0.5) is 5.69 Å². The highest BCUT2D eigenvalue weighted by Gasteiger charge is 2.07. The van der Waals surface area contributed by atoms with Gasteiger partial charge in [0.05, 0.1) is 6.10 Å². The maximum atomic E-state index is 11.2. The Kier molecular flexibility index (Phi) is 4.35. The number of carbonyl (C=O) groups excluding carboxylic acids is 1. The van der Waals surface area contributed by atoms with Gasteiger partial charge in [0, 0.05) is 17.3 Å². The van der Waals surface area contributed by atoms with Crippen molar-refractivity contribution in [3.05, 3.63) is 23.8 Å². The number of hydrogen-bond acceptors (Lipinski definition) is 3. The van der Waals surface area contributed by atoms with E-state index in [1.807, 2.05) is 6.92 Å². The van der Waals surface area contributed by atoms with Crippen LogP contribution < -0.4 is 10.5 Å². The number of nitrogen functional groups attached to an aromatic ring is 1. The molecule has 16 heavy (non-hydrogen) atoms. The van der Waals surface area contributed by atoms with Crippen LogP contribution in [0, 0.1) is 0 Å². The molecular weight excluding hydrogens is 202 g/mol. The standard InChI is InChI=1S/C13H19NO2/c1-4-5-9(2)16-11-6-7-12(10(3)15)13(14)8-11/h6-9H,4-5,14H2,1-3H3. The molecule has 3 nitrogen and oxygen atoms in total. The van der Waals surface area contributed by atoms with Gasteiger partial charge in [0.15, 0.2) is 5.78 Å². The predicted molar refractivity (Wildman–Crippen MR) is 65.9 cm³/mol. The molecule has 1 unspecified atom stereocenters. The number of benzene rings is 1. The van der Waals surface area contributed by atoms with E-state index in [9.17, 15) is 4.79 Å². The second-order valence-electron chi connectivity index (χ2n) is 4.02. The Morgan fingerprint density at radius 1 is 1.50 bits per heavy atom. The van der Waals surface area contributed by atoms with E-state index in [1.54, 1.807) is 18.2 Å². The van der Waals surface area contributed by atoms with Crippen molar-refractivity contribution in [2.75, 3.05) is 5.73 Å². The molecule has 0 aliphatic rings. The van der Waals surface area contributed by atoms with Crippen LogP contribution >= 0.6 is 0 Å². The first-order valence-corrected chi connectivity index (χ1v) is 5.61. The molecule has 0 aliphatic carbocycles. The number of anilines is 1. The van der Waals surface area contributed by atoms with Gasteiger partial charge in [-0.2, -0.15) is 0 Å². The van der Waals surface area contributed by atoms with Gasteiger partial charge in [-0.25, -0.2) is 0 Å². The third kappa shape index (κ3) is 3.26. The Bertz CT molecular complexity index is 374. The summed E-state index contributed by atoms with van der Waals surface area (Å²) in [7, 11) is 0. The number of hydrogen-bond donors (Lipinski definition) is 1. The molecule has 1 aromatic carbocycles. The molecule has 0 spiro atoms. The molecule has 2 N–H and O–H groups in total. The monoisotopic (exact) mass is 221 g/mol. The van der Waals surface area contributed by atoms with E-state index in [2.05, 4.69) is 6.92 Å². The van der Waals surface area contributed by atoms with Gasteiger partial charge in [0.1, 0.15) is 5.75 Å². The highest BCUT2D eigenvalue weighted by molar-refractivity contribution is 5.99. The molecule has 0 radical (unpaired) electrons. The molecule has 1 atom stereocenters. The first-order chi connectivity index (χ1) is 7.54. The molecule has 0 aromatic heterocycles. The lowest BCUT2D eigenvalue weighted by atomic mass is 10.1. The zero-order chi connectivity index (χ0) is 12.1. The Morgan fingerprint density at radius 2 is 2.19 bits per heavy atom. The summed E-state index contributed by atoms with van der Waals surface area (Å²) in [5.41, 5.74) is 6.80. The van der Waals surface area contributed by atoms with Crippen LogP contribution in [0.15, 0.2) is 18.2 Å². The summed E-state index contributed by atoms with van der Waals surface area (Å²) >= 11 is 0. The minimum atomic E-state index is -0.0225. The Balaban J connectivity index is 2.77. The summed E-state index contributed by atoms with van der Waals surface area (Å²) in [6.07, 6.45) is 2.27. The Labute approximate surface area is 96.6 Å². The fourth-order valence-electron chi connectivity index (χ4n) is 1.63. The first kappa shape index (κ1) is 12.6. The van der Waals surface area contributed by atoms with E-state index in [1.165, 1.54) is 6.92 Å². The normalized spacial score (nSPS) is 12.2. The fourth-order valence-corrected chi connectivity index (χ4v) is 1.63. The van der Waals surface area contributed by atoms with Crippen LogP contribution in [0.2, 0.25) is 0 Å². The third-order valence-corrected chi connectivity index (χ3v) is 2.43. The van der Waals surface area contributed by atoms with Crippen molar-refractivity contribution in [3.8, 4) is 5.75 Å². The molecule has 0 amide bonds. The van der Waals surface area contributed by atoms with E-state index in [0.29, 0.717) is 11.3 Å². The van der Waals surface area contributed by atoms with Gasteiger partial charge in [0.25, 0.3) is 0 Å². The van der Waals surface area contributed by atoms with E-state index in [4.69, 9.17) is 10.5 Å². The molecule has 0 heterocycles. The van der Waals surface area contributed by atoms with Crippen LogP contribution in [0.5, 0.6) is 5.75 Å². The van der Waals surface area contributed by atoms with Crippen LogP contribution in [0.1, 0.15) is 44.0 Å². The summed E-state index contributed by atoms with van der Waals surface area (Å²) in [5, 5.41) is 0. The maximum absolute atomic E-state index is 11.2. The number of ether oxygens (including phenoxy) is 1. The van der Waals surface area contributed by atoms with Gasteiger partial charge < -0.3 is 10.5 Å². The van der Waals surface area contributed by atoms with E-state index in [-0.39, 0.29) is 11.9 Å². The molecule has 0 bridgehead atoms. The van der Waals surface area contributed by atoms with Crippen LogP contribution in [-0.2, 0) is 0 Å². The first-order valence-electron chi connectivity index (χ1n) is 5.61. The van der Waals surface area contributed by atoms with Gasteiger partial charge >= 0.3 is 0 Å². The molecule has 0 saturated carbocycles. The predicted octanol–water partition coefficient (Wildman–Crippen LogP) is 3.04. The number of nitrogens with two attached hydrogens (primary N) is 1. The molecule has 0 saturated heterocycles. The summed E-state index contributed by atoms with van der Waals surface area (Å²) in [5.74, 6) is 0.703. The molecule has 1 aromatic rings. The van der Waals surface area contributed by atoms with Gasteiger partial charge in [-0.1, -0.05) is 13.3 Å². The molecule has 0 fully saturated rings. The van der Waals surface area contributed by atoms with Crippen molar-refractivity contribution in [1.82, 2.24) is 0 Å². The zero-order valence-corrected chi connectivity index (χ0v) is 10.1. The van der Waals surface area contributed by atoms with Gasteiger partial charge in [-0.15, -0.1) is 0 Å². The zero-order valence-electron chi connectivity index (χ0n) is 10.1. The summed E-state index contributed by atoms with van der Waals surface area (Å²) < 4.78 is 5.68. The second kappa shape index (κ2) is 5.54. The van der Waals surface area contributed by atoms with E-state index < -0.39 is 0 Å². The van der Waals surface area contributed by atoms with Crippen molar-refractivity contribution in [1.29, 1.82) is 0 Å². The van der Waals surface area contributed by atoms with Gasteiger partial charge in [-0.3, -0.25) is 4.79 Å². The molecule has 1 rings (SSSR count). The lowest BCUT2D eigenvalue weighted by Crippen LogP contribution is -2.11. The lowest BCUT2D eigenvalue weighted by molar-refractivity contribution is 0.101. The van der Waals surface area contributed by atoms with Gasteiger partial charge in [0.2, 0.25) is 0 Å². The third-order valence-electron chi connectivity index (χ3n) is 2.43. The summed E-state index contributed by atoms with van der Waals surface area (Å²) in [4.78, 5) is 11.2. The minimum Gasteiger partial charge on any atom is -0.491 e.